The molecule has 1 unspecified atom stereocenters. The van der Waals surface area contributed by atoms with Crippen LogP contribution in [0.1, 0.15) is 57.4 Å². The van der Waals surface area contributed by atoms with Gasteiger partial charge in [0, 0.05) is 30.5 Å². The zero-order valence-electron chi connectivity index (χ0n) is 16.8. The first-order valence-corrected chi connectivity index (χ1v) is 11.6. The zero-order chi connectivity index (χ0) is 19.1. The minimum Gasteiger partial charge on any atom is -0.342 e. The fourth-order valence-corrected chi connectivity index (χ4v) is 4.73. The van der Waals surface area contributed by atoms with Crippen LogP contribution in [-0.4, -0.2) is 48.4 Å². The molecule has 2 heterocycles. The molecule has 1 atom stereocenters. The minimum absolute atomic E-state index is 0.378. The number of carbonyl (C=O) groups excluding carboxylic acids is 1. The molecule has 1 aromatic rings. The number of halogens is 1. The van der Waals surface area contributed by atoms with Crippen molar-refractivity contribution in [2.75, 3.05) is 32.7 Å². The predicted molar refractivity (Wildman–Crippen MR) is 116 cm³/mol. The average molecular weight is 435 g/mol. The van der Waals surface area contributed by atoms with Crippen molar-refractivity contribution < 1.29 is 4.79 Å². The Bertz CT molecular complexity index is 581. The summed E-state index contributed by atoms with van der Waals surface area (Å²) >= 11 is 3.48. The lowest BCUT2D eigenvalue weighted by Gasteiger charge is -2.38. The van der Waals surface area contributed by atoms with E-state index in [4.69, 9.17) is 0 Å². The normalized spacial score (nSPS) is 22.1. The highest BCUT2D eigenvalue weighted by Gasteiger charge is 2.26. The Hall–Kier alpha value is -0.870. The number of amides is 1. The van der Waals surface area contributed by atoms with E-state index in [0.29, 0.717) is 18.2 Å². The highest BCUT2D eigenvalue weighted by atomic mass is 79.9. The molecule has 2 saturated heterocycles. The molecular weight excluding hydrogens is 400 g/mol. The number of hydrogen-bond donors (Lipinski definition) is 0. The first-order valence-electron chi connectivity index (χ1n) is 10.8. The average Bonchev–Trinajstić information content (AvgIpc) is 2.68. The maximum Gasteiger partial charge on any atom is 0.222 e. The Kier molecular flexibility index (Phi) is 8.20. The maximum atomic E-state index is 12.6. The summed E-state index contributed by atoms with van der Waals surface area (Å²) in [6.07, 6.45) is 9.03. The Morgan fingerprint density at radius 3 is 2.56 bits per heavy atom. The predicted octanol–water partition coefficient (Wildman–Crippen LogP) is 5.13. The van der Waals surface area contributed by atoms with Crippen LogP contribution in [0.15, 0.2) is 28.7 Å². The van der Waals surface area contributed by atoms with Crippen molar-refractivity contribution in [1.82, 2.24) is 9.80 Å². The van der Waals surface area contributed by atoms with Gasteiger partial charge in [-0.1, -0.05) is 35.0 Å². The molecule has 2 aliphatic rings. The van der Waals surface area contributed by atoms with E-state index in [9.17, 15) is 4.79 Å². The van der Waals surface area contributed by atoms with Crippen LogP contribution in [0.4, 0.5) is 0 Å². The van der Waals surface area contributed by atoms with E-state index in [1.807, 2.05) is 0 Å². The molecule has 150 valence electrons. The first kappa shape index (κ1) is 20.9. The smallest absolute Gasteiger partial charge is 0.222 e. The molecule has 0 bridgehead atoms. The van der Waals surface area contributed by atoms with Crippen molar-refractivity contribution in [3.05, 3.63) is 34.3 Å². The van der Waals surface area contributed by atoms with E-state index in [1.165, 1.54) is 50.9 Å². The number of aryl methyl sites for hydroxylation is 1. The van der Waals surface area contributed by atoms with Crippen molar-refractivity contribution in [1.29, 1.82) is 0 Å². The van der Waals surface area contributed by atoms with Gasteiger partial charge in [-0.15, -0.1) is 0 Å². The van der Waals surface area contributed by atoms with E-state index in [1.54, 1.807) is 0 Å². The van der Waals surface area contributed by atoms with Crippen LogP contribution in [0.3, 0.4) is 0 Å². The topological polar surface area (TPSA) is 23.6 Å². The van der Waals surface area contributed by atoms with Gasteiger partial charge in [0.15, 0.2) is 0 Å². The van der Waals surface area contributed by atoms with Gasteiger partial charge in [-0.2, -0.15) is 0 Å². The van der Waals surface area contributed by atoms with Crippen molar-refractivity contribution >= 4 is 21.8 Å². The summed E-state index contributed by atoms with van der Waals surface area (Å²) in [6.45, 7) is 8.02. The highest BCUT2D eigenvalue weighted by molar-refractivity contribution is 9.10. The molecule has 0 saturated carbocycles. The standard InChI is InChI=1S/C23H35BrN2O/c1-19-12-15-25(16-13-19)17-21-6-4-14-26(18-21)23(27)7-3-2-5-20-8-10-22(24)11-9-20/h8-11,19,21H,2-7,12-18H2,1H3. The van der Waals surface area contributed by atoms with E-state index >= 15 is 0 Å². The van der Waals surface area contributed by atoms with Crippen LogP contribution in [-0.2, 0) is 11.2 Å². The van der Waals surface area contributed by atoms with Crippen LogP contribution in [0.5, 0.6) is 0 Å². The number of rotatable bonds is 7. The molecule has 0 aromatic heterocycles. The molecule has 3 rings (SSSR count). The molecule has 4 heteroatoms. The second kappa shape index (κ2) is 10.6. The van der Waals surface area contributed by atoms with Crippen LogP contribution >= 0.6 is 15.9 Å². The zero-order valence-corrected chi connectivity index (χ0v) is 18.4. The van der Waals surface area contributed by atoms with Gasteiger partial charge in [-0.3, -0.25) is 4.79 Å². The van der Waals surface area contributed by atoms with E-state index in [2.05, 4.69) is 56.9 Å². The van der Waals surface area contributed by atoms with Crippen molar-refractivity contribution in [2.45, 2.75) is 58.3 Å². The lowest BCUT2D eigenvalue weighted by Crippen LogP contribution is -2.45. The SMILES string of the molecule is CC1CCN(CC2CCCN(C(=O)CCCCc3ccc(Br)cc3)C2)CC1. The van der Waals surface area contributed by atoms with Crippen molar-refractivity contribution in [2.24, 2.45) is 11.8 Å². The summed E-state index contributed by atoms with van der Waals surface area (Å²) in [5.74, 6) is 1.95. The molecule has 1 aromatic carbocycles. The summed E-state index contributed by atoms with van der Waals surface area (Å²) in [5.41, 5.74) is 1.36. The molecule has 0 aliphatic carbocycles. The molecule has 27 heavy (non-hydrogen) atoms. The lowest BCUT2D eigenvalue weighted by molar-refractivity contribution is -0.133. The number of nitrogens with zero attached hydrogens (tertiary/aromatic N) is 2. The van der Waals surface area contributed by atoms with Gasteiger partial charge in [0.2, 0.25) is 5.91 Å². The summed E-state index contributed by atoms with van der Waals surface area (Å²) < 4.78 is 1.13. The van der Waals surface area contributed by atoms with Crippen LogP contribution in [0.2, 0.25) is 0 Å². The second-order valence-corrected chi connectivity index (χ2v) is 9.58. The number of hydrogen-bond acceptors (Lipinski definition) is 2. The van der Waals surface area contributed by atoms with Gasteiger partial charge in [0.05, 0.1) is 0 Å². The van der Waals surface area contributed by atoms with Crippen LogP contribution in [0, 0.1) is 11.8 Å². The number of likely N-dealkylation sites (tertiary alicyclic amines) is 2. The molecule has 0 N–H and O–H groups in total. The summed E-state index contributed by atoms with van der Waals surface area (Å²) in [7, 11) is 0. The second-order valence-electron chi connectivity index (χ2n) is 8.66. The third-order valence-corrected chi connectivity index (χ3v) is 6.81. The van der Waals surface area contributed by atoms with Gasteiger partial charge < -0.3 is 9.80 Å². The molecular formula is C23H35BrN2O. The largest absolute Gasteiger partial charge is 0.342 e. The number of unbranched alkanes of at least 4 members (excludes halogenated alkanes) is 1. The number of piperidine rings is 2. The van der Waals surface area contributed by atoms with Crippen molar-refractivity contribution in [3.63, 3.8) is 0 Å². The number of benzene rings is 1. The Labute approximate surface area is 173 Å². The van der Waals surface area contributed by atoms with E-state index < -0.39 is 0 Å². The molecule has 0 radical (unpaired) electrons. The maximum absolute atomic E-state index is 12.6. The van der Waals surface area contributed by atoms with Crippen molar-refractivity contribution in [3.8, 4) is 0 Å². The molecule has 2 fully saturated rings. The van der Waals surface area contributed by atoms with E-state index in [-0.39, 0.29) is 0 Å². The van der Waals surface area contributed by atoms with Gasteiger partial charge in [0.25, 0.3) is 0 Å². The monoisotopic (exact) mass is 434 g/mol. The Morgan fingerprint density at radius 1 is 1.07 bits per heavy atom. The van der Waals surface area contributed by atoms with Crippen LogP contribution < -0.4 is 0 Å². The first-order chi connectivity index (χ1) is 13.1. The van der Waals surface area contributed by atoms with Gasteiger partial charge in [-0.25, -0.2) is 0 Å². The minimum atomic E-state index is 0.378. The third-order valence-electron chi connectivity index (χ3n) is 6.28. The van der Waals surface area contributed by atoms with Gasteiger partial charge in [0.1, 0.15) is 0 Å². The Morgan fingerprint density at radius 2 is 1.81 bits per heavy atom. The molecule has 1 amide bonds. The summed E-state index contributed by atoms with van der Waals surface area (Å²) in [4.78, 5) is 17.4. The van der Waals surface area contributed by atoms with E-state index in [0.717, 1.165) is 42.7 Å². The fourth-order valence-electron chi connectivity index (χ4n) is 4.46. The lowest BCUT2D eigenvalue weighted by atomic mass is 9.94. The quantitative estimate of drug-likeness (QED) is 0.555. The Balaban J connectivity index is 1.34. The van der Waals surface area contributed by atoms with Gasteiger partial charge in [-0.05, 0) is 87.6 Å². The summed E-state index contributed by atoms with van der Waals surface area (Å²) in [6, 6.07) is 8.53. The molecule has 0 spiro atoms. The molecule has 2 aliphatic heterocycles. The van der Waals surface area contributed by atoms with Crippen LogP contribution in [0.25, 0.3) is 0 Å². The fraction of sp³-hybridized carbons (Fsp3) is 0.696. The molecule has 3 nitrogen and oxygen atoms in total. The third kappa shape index (κ3) is 6.90. The summed E-state index contributed by atoms with van der Waals surface area (Å²) in [5, 5.41) is 0. The van der Waals surface area contributed by atoms with Gasteiger partial charge >= 0.3 is 0 Å². The number of carbonyl (C=O) groups is 1. The highest BCUT2D eigenvalue weighted by Crippen LogP contribution is 2.22.